The molecule has 1 unspecified atom stereocenters. The highest BCUT2D eigenvalue weighted by molar-refractivity contribution is 4.89. The van der Waals surface area contributed by atoms with Crippen molar-refractivity contribution in [1.82, 2.24) is 15.5 Å². The summed E-state index contributed by atoms with van der Waals surface area (Å²) in [6.07, 6.45) is 5.47. The van der Waals surface area contributed by atoms with Crippen LogP contribution in [0, 0.1) is 5.92 Å². The third-order valence-corrected chi connectivity index (χ3v) is 2.85. The largest absolute Gasteiger partial charge is 0.339 e. The van der Waals surface area contributed by atoms with Crippen LogP contribution in [0.2, 0.25) is 0 Å². The Labute approximate surface area is 90.4 Å². The maximum absolute atomic E-state index is 5.23. The van der Waals surface area contributed by atoms with Gasteiger partial charge in [0.25, 0.3) is 0 Å². The van der Waals surface area contributed by atoms with Crippen LogP contribution in [-0.2, 0) is 12.8 Å². The van der Waals surface area contributed by atoms with Gasteiger partial charge in [-0.1, -0.05) is 12.1 Å². The molecule has 0 spiro atoms. The molecule has 0 bridgehead atoms. The van der Waals surface area contributed by atoms with E-state index in [0.29, 0.717) is 5.92 Å². The molecular formula is C11H19N3O. The number of aryl methyl sites for hydroxylation is 1. The molecule has 4 heteroatoms. The van der Waals surface area contributed by atoms with Crippen LogP contribution in [0.1, 0.15) is 37.9 Å². The van der Waals surface area contributed by atoms with Gasteiger partial charge >= 0.3 is 0 Å². The lowest BCUT2D eigenvalue weighted by atomic mass is 9.96. The molecule has 1 fully saturated rings. The third kappa shape index (κ3) is 3.02. The Morgan fingerprint density at radius 2 is 2.47 bits per heavy atom. The van der Waals surface area contributed by atoms with Gasteiger partial charge in [-0.3, -0.25) is 0 Å². The van der Waals surface area contributed by atoms with Crippen LogP contribution in [0.4, 0.5) is 0 Å². The number of hydrogen-bond donors (Lipinski definition) is 1. The predicted molar refractivity (Wildman–Crippen MR) is 57.6 cm³/mol. The molecule has 2 rings (SSSR count). The molecule has 0 saturated carbocycles. The number of nitrogens with one attached hydrogen (secondary N) is 1. The topological polar surface area (TPSA) is 51.0 Å². The number of hydrogen-bond acceptors (Lipinski definition) is 4. The van der Waals surface area contributed by atoms with Gasteiger partial charge < -0.3 is 9.84 Å². The molecule has 1 atom stereocenters. The molecule has 1 aliphatic rings. The molecule has 1 aromatic rings. The highest BCUT2D eigenvalue weighted by Crippen LogP contribution is 2.15. The number of aromatic nitrogens is 2. The molecule has 15 heavy (non-hydrogen) atoms. The van der Waals surface area contributed by atoms with Crippen molar-refractivity contribution < 1.29 is 4.52 Å². The van der Waals surface area contributed by atoms with Crippen LogP contribution >= 0.6 is 0 Å². The standard InChI is InChI=1S/C11H19N3O/c1-2-4-10-13-11(15-14-10)7-9-5-3-6-12-8-9/h9,12H,2-8H2,1H3. The van der Waals surface area contributed by atoms with Gasteiger partial charge in [-0.15, -0.1) is 0 Å². The van der Waals surface area contributed by atoms with E-state index in [1.54, 1.807) is 0 Å². The summed E-state index contributed by atoms with van der Waals surface area (Å²) in [4.78, 5) is 4.39. The lowest BCUT2D eigenvalue weighted by Gasteiger charge is -2.20. The molecular weight excluding hydrogens is 190 g/mol. The van der Waals surface area contributed by atoms with Gasteiger partial charge in [0, 0.05) is 12.8 Å². The SMILES string of the molecule is CCCc1noc(CC2CCCNC2)n1. The molecule has 0 radical (unpaired) electrons. The molecule has 1 N–H and O–H groups in total. The van der Waals surface area contributed by atoms with Crippen LogP contribution in [0.5, 0.6) is 0 Å². The number of piperidine rings is 1. The quantitative estimate of drug-likeness (QED) is 0.817. The first-order chi connectivity index (χ1) is 7.38. The van der Waals surface area contributed by atoms with Crippen molar-refractivity contribution in [1.29, 1.82) is 0 Å². The van der Waals surface area contributed by atoms with Crippen LogP contribution in [-0.4, -0.2) is 23.2 Å². The van der Waals surface area contributed by atoms with Crippen molar-refractivity contribution in [2.75, 3.05) is 13.1 Å². The highest BCUT2D eigenvalue weighted by Gasteiger charge is 2.16. The first-order valence-electron chi connectivity index (χ1n) is 5.90. The maximum Gasteiger partial charge on any atom is 0.226 e. The lowest BCUT2D eigenvalue weighted by molar-refractivity contribution is 0.314. The van der Waals surface area contributed by atoms with E-state index in [2.05, 4.69) is 22.4 Å². The Bertz CT molecular complexity index is 292. The second-order valence-electron chi connectivity index (χ2n) is 4.27. The third-order valence-electron chi connectivity index (χ3n) is 2.85. The van der Waals surface area contributed by atoms with Crippen molar-refractivity contribution >= 4 is 0 Å². The lowest BCUT2D eigenvalue weighted by Crippen LogP contribution is -2.30. The Hall–Kier alpha value is -0.900. The fourth-order valence-corrected chi connectivity index (χ4v) is 2.04. The molecule has 0 aliphatic carbocycles. The second-order valence-corrected chi connectivity index (χ2v) is 4.27. The first-order valence-corrected chi connectivity index (χ1v) is 5.90. The van der Waals surface area contributed by atoms with E-state index in [1.807, 2.05) is 0 Å². The van der Waals surface area contributed by atoms with Crippen LogP contribution in [0.25, 0.3) is 0 Å². The van der Waals surface area contributed by atoms with E-state index in [4.69, 9.17) is 4.52 Å². The highest BCUT2D eigenvalue weighted by atomic mass is 16.5. The second kappa shape index (κ2) is 5.26. The fraction of sp³-hybridized carbons (Fsp3) is 0.818. The molecule has 84 valence electrons. The van der Waals surface area contributed by atoms with Crippen LogP contribution < -0.4 is 5.32 Å². The van der Waals surface area contributed by atoms with Gasteiger partial charge in [0.15, 0.2) is 5.82 Å². The van der Waals surface area contributed by atoms with Gasteiger partial charge in [-0.2, -0.15) is 4.98 Å². The molecule has 0 amide bonds. The van der Waals surface area contributed by atoms with Crippen molar-refractivity contribution in [2.24, 2.45) is 5.92 Å². The summed E-state index contributed by atoms with van der Waals surface area (Å²) in [6, 6.07) is 0. The van der Waals surface area contributed by atoms with Gasteiger partial charge in [0.1, 0.15) is 0 Å². The zero-order chi connectivity index (χ0) is 10.5. The van der Waals surface area contributed by atoms with Crippen molar-refractivity contribution in [3.8, 4) is 0 Å². The summed E-state index contributed by atoms with van der Waals surface area (Å²) in [7, 11) is 0. The summed E-state index contributed by atoms with van der Waals surface area (Å²) >= 11 is 0. The summed E-state index contributed by atoms with van der Waals surface area (Å²) in [5.74, 6) is 2.34. The minimum absolute atomic E-state index is 0.675. The summed E-state index contributed by atoms with van der Waals surface area (Å²) in [6.45, 7) is 4.37. The van der Waals surface area contributed by atoms with E-state index in [1.165, 1.54) is 12.8 Å². The molecule has 0 aromatic carbocycles. The van der Waals surface area contributed by atoms with E-state index in [9.17, 15) is 0 Å². The Balaban J connectivity index is 1.86. The summed E-state index contributed by atoms with van der Waals surface area (Å²) < 4.78 is 5.23. The van der Waals surface area contributed by atoms with Crippen molar-refractivity contribution in [3.63, 3.8) is 0 Å². The van der Waals surface area contributed by atoms with Gasteiger partial charge in [0.05, 0.1) is 0 Å². The average Bonchev–Trinajstić information content (AvgIpc) is 2.68. The van der Waals surface area contributed by atoms with Crippen LogP contribution in [0.15, 0.2) is 4.52 Å². The average molecular weight is 209 g/mol. The minimum Gasteiger partial charge on any atom is -0.339 e. The Morgan fingerprint density at radius 3 is 3.20 bits per heavy atom. The zero-order valence-corrected chi connectivity index (χ0v) is 9.33. The van der Waals surface area contributed by atoms with E-state index >= 15 is 0 Å². The van der Waals surface area contributed by atoms with Gasteiger partial charge in [0.2, 0.25) is 5.89 Å². The minimum atomic E-state index is 0.675. The summed E-state index contributed by atoms with van der Waals surface area (Å²) in [5.41, 5.74) is 0. The molecule has 4 nitrogen and oxygen atoms in total. The Morgan fingerprint density at radius 1 is 1.53 bits per heavy atom. The molecule has 1 saturated heterocycles. The van der Waals surface area contributed by atoms with E-state index < -0.39 is 0 Å². The van der Waals surface area contributed by atoms with Crippen molar-refractivity contribution in [2.45, 2.75) is 39.0 Å². The van der Waals surface area contributed by atoms with Gasteiger partial charge in [-0.25, -0.2) is 0 Å². The maximum atomic E-state index is 5.23. The normalized spacial score (nSPS) is 21.8. The van der Waals surface area contributed by atoms with E-state index in [-0.39, 0.29) is 0 Å². The molecule has 1 aromatic heterocycles. The van der Waals surface area contributed by atoms with Crippen molar-refractivity contribution in [3.05, 3.63) is 11.7 Å². The van der Waals surface area contributed by atoms with E-state index in [0.717, 1.165) is 44.1 Å². The smallest absolute Gasteiger partial charge is 0.226 e. The first kappa shape index (κ1) is 10.6. The molecule has 2 heterocycles. The van der Waals surface area contributed by atoms with Crippen LogP contribution in [0.3, 0.4) is 0 Å². The van der Waals surface area contributed by atoms with Gasteiger partial charge in [-0.05, 0) is 38.3 Å². The summed E-state index contributed by atoms with van der Waals surface area (Å²) in [5, 5.41) is 7.36. The monoisotopic (exact) mass is 209 g/mol. The predicted octanol–water partition coefficient (Wildman–Crippen LogP) is 1.56. The number of rotatable bonds is 4. The fourth-order valence-electron chi connectivity index (χ4n) is 2.04. The Kier molecular flexibility index (Phi) is 3.72. The number of nitrogens with zero attached hydrogens (tertiary/aromatic N) is 2. The zero-order valence-electron chi connectivity index (χ0n) is 9.33. The molecule has 1 aliphatic heterocycles.